The van der Waals surface area contributed by atoms with Crippen molar-refractivity contribution in [1.29, 1.82) is 0 Å². The van der Waals surface area contributed by atoms with E-state index in [4.69, 9.17) is 14.2 Å². The topological polar surface area (TPSA) is 56.8 Å². The highest BCUT2D eigenvalue weighted by Gasteiger charge is 2.17. The van der Waals surface area contributed by atoms with Crippen molar-refractivity contribution in [3.8, 4) is 11.5 Å². The van der Waals surface area contributed by atoms with E-state index in [1.165, 1.54) is 5.56 Å². The van der Waals surface area contributed by atoms with E-state index >= 15 is 0 Å². The standard InChI is InChI=1S/C23H29NO4/c1-16(2)18-6-10-21(11-7-18)28-17(3)23(25)24-19-8-12-20(13-9-19)27-15-22-5-4-14-26-22/h6-13,16-17,22H,4-5,14-15H2,1-3H3,(H,24,25). The Morgan fingerprint density at radius 3 is 2.36 bits per heavy atom. The predicted octanol–water partition coefficient (Wildman–Crippen LogP) is 4.77. The molecule has 0 spiro atoms. The molecule has 0 radical (unpaired) electrons. The van der Waals surface area contributed by atoms with Crippen LogP contribution in [0.5, 0.6) is 11.5 Å². The molecule has 2 unspecified atom stereocenters. The Hall–Kier alpha value is -2.53. The minimum absolute atomic E-state index is 0.187. The van der Waals surface area contributed by atoms with Crippen molar-refractivity contribution in [3.63, 3.8) is 0 Å². The summed E-state index contributed by atoms with van der Waals surface area (Å²) < 4.78 is 17.0. The zero-order chi connectivity index (χ0) is 19.9. The van der Waals surface area contributed by atoms with E-state index in [-0.39, 0.29) is 12.0 Å². The van der Waals surface area contributed by atoms with Gasteiger partial charge in [0.05, 0.1) is 6.10 Å². The van der Waals surface area contributed by atoms with Gasteiger partial charge in [0, 0.05) is 12.3 Å². The first-order chi connectivity index (χ1) is 13.5. The van der Waals surface area contributed by atoms with Crippen LogP contribution in [0.2, 0.25) is 0 Å². The predicted molar refractivity (Wildman–Crippen MR) is 110 cm³/mol. The van der Waals surface area contributed by atoms with Crippen molar-refractivity contribution >= 4 is 11.6 Å². The minimum Gasteiger partial charge on any atom is -0.491 e. The van der Waals surface area contributed by atoms with Crippen molar-refractivity contribution in [1.82, 2.24) is 0 Å². The van der Waals surface area contributed by atoms with E-state index < -0.39 is 6.10 Å². The molecule has 1 aliphatic heterocycles. The summed E-state index contributed by atoms with van der Waals surface area (Å²) in [6.45, 7) is 7.41. The highest BCUT2D eigenvalue weighted by Crippen LogP contribution is 2.21. The lowest BCUT2D eigenvalue weighted by atomic mass is 10.0. The number of nitrogens with one attached hydrogen (secondary N) is 1. The SMILES string of the molecule is CC(Oc1ccc(C(C)C)cc1)C(=O)Nc1ccc(OCC2CCCO2)cc1. The Balaban J connectivity index is 1.47. The fourth-order valence-electron chi connectivity index (χ4n) is 3.03. The number of carbonyl (C=O) groups is 1. The number of anilines is 1. The Kier molecular flexibility index (Phi) is 6.93. The van der Waals surface area contributed by atoms with Gasteiger partial charge in [-0.3, -0.25) is 4.79 Å². The van der Waals surface area contributed by atoms with E-state index in [0.717, 1.165) is 25.2 Å². The van der Waals surface area contributed by atoms with Crippen LogP contribution in [0, 0.1) is 0 Å². The molecule has 1 aliphatic rings. The van der Waals surface area contributed by atoms with Crippen LogP contribution in [0.1, 0.15) is 45.1 Å². The second-order valence-electron chi connectivity index (χ2n) is 7.44. The normalized spacial score (nSPS) is 17.4. The fraction of sp³-hybridized carbons (Fsp3) is 0.435. The van der Waals surface area contributed by atoms with Gasteiger partial charge in [-0.25, -0.2) is 0 Å². The average Bonchev–Trinajstić information content (AvgIpc) is 3.21. The molecule has 2 aromatic rings. The van der Waals surface area contributed by atoms with Crippen molar-refractivity contribution < 1.29 is 19.0 Å². The van der Waals surface area contributed by atoms with Gasteiger partial charge in [-0.1, -0.05) is 26.0 Å². The zero-order valence-electron chi connectivity index (χ0n) is 16.8. The third-order valence-corrected chi connectivity index (χ3v) is 4.81. The van der Waals surface area contributed by atoms with Crippen molar-refractivity contribution in [2.75, 3.05) is 18.5 Å². The van der Waals surface area contributed by atoms with Crippen LogP contribution < -0.4 is 14.8 Å². The zero-order valence-corrected chi connectivity index (χ0v) is 16.8. The molecule has 5 nitrogen and oxygen atoms in total. The van der Waals surface area contributed by atoms with Gasteiger partial charge in [-0.2, -0.15) is 0 Å². The number of amides is 1. The Bertz CT molecular complexity index is 749. The molecule has 2 atom stereocenters. The highest BCUT2D eigenvalue weighted by molar-refractivity contribution is 5.94. The summed E-state index contributed by atoms with van der Waals surface area (Å²) in [4.78, 5) is 12.4. The lowest BCUT2D eigenvalue weighted by Crippen LogP contribution is -2.30. The Labute approximate surface area is 167 Å². The first-order valence-corrected chi connectivity index (χ1v) is 9.93. The first kappa shape index (κ1) is 20.2. The molecule has 1 amide bonds. The largest absolute Gasteiger partial charge is 0.491 e. The van der Waals surface area contributed by atoms with Crippen LogP contribution in [-0.4, -0.2) is 31.3 Å². The molecule has 0 aromatic heterocycles. The van der Waals surface area contributed by atoms with Gasteiger partial charge in [0.2, 0.25) is 0 Å². The molecule has 5 heteroatoms. The molecule has 1 N–H and O–H groups in total. The quantitative estimate of drug-likeness (QED) is 0.713. The van der Waals surface area contributed by atoms with Gasteiger partial charge < -0.3 is 19.5 Å². The second-order valence-corrected chi connectivity index (χ2v) is 7.44. The maximum atomic E-state index is 12.4. The van der Waals surface area contributed by atoms with E-state index in [9.17, 15) is 4.79 Å². The number of rotatable bonds is 8. The summed E-state index contributed by atoms with van der Waals surface area (Å²) in [6, 6.07) is 15.2. The third-order valence-electron chi connectivity index (χ3n) is 4.81. The minimum atomic E-state index is -0.597. The molecule has 1 heterocycles. The maximum absolute atomic E-state index is 12.4. The summed E-state index contributed by atoms with van der Waals surface area (Å²) >= 11 is 0. The maximum Gasteiger partial charge on any atom is 0.265 e. The molecule has 3 rings (SSSR count). The van der Waals surface area contributed by atoms with Crippen LogP contribution in [0.25, 0.3) is 0 Å². The summed E-state index contributed by atoms with van der Waals surface area (Å²) in [7, 11) is 0. The lowest BCUT2D eigenvalue weighted by molar-refractivity contribution is -0.122. The van der Waals surface area contributed by atoms with Gasteiger partial charge in [-0.15, -0.1) is 0 Å². The van der Waals surface area contributed by atoms with Crippen LogP contribution in [-0.2, 0) is 9.53 Å². The molecule has 150 valence electrons. The Morgan fingerprint density at radius 1 is 1.07 bits per heavy atom. The van der Waals surface area contributed by atoms with E-state index in [1.54, 1.807) is 6.92 Å². The van der Waals surface area contributed by atoms with Gasteiger partial charge in [0.25, 0.3) is 5.91 Å². The molecule has 1 fully saturated rings. The van der Waals surface area contributed by atoms with Crippen molar-refractivity contribution in [2.24, 2.45) is 0 Å². The van der Waals surface area contributed by atoms with Gasteiger partial charge in [0.15, 0.2) is 6.10 Å². The van der Waals surface area contributed by atoms with Crippen LogP contribution in [0.3, 0.4) is 0 Å². The summed E-state index contributed by atoms with van der Waals surface area (Å²) in [5, 5.41) is 2.87. The van der Waals surface area contributed by atoms with Crippen LogP contribution >= 0.6 is 0 Å². The molecular weight excluding hydrogens is 354 g/mol. The number of hydrogen-bond donors (Lipinski definition) is 1. The molecule has 0 bridgehead atoms. The van der Waals surface area contributed by atoms with Crippen LogP contribution in [0.15, 0.2) is 48.5 Å². The Morgan fingerprint density at radius 2 is 1.75 bits per heavy atom. The van der Waals surface area contributed by atoms with Gasteiger partial charge >= 0.3 is 0 Å². The summed E-state index contributed by atoms with van der Waals surface area (Å²) in [5.41, 5.74) is 1.95. The molecule has 0 saturated carbocycles. The fourth-order valence-corrected chi connectivity index (χ4v) is 3.03. The molecule has 2 aromatic carbocycles. The van der Waals surface area contributed by atoms with Crippen molar-refractivity contribution in [2.45, 2.75) is 51.7 Å². The number of hydrogen-bond acceptors (Lipinski definition) is 4. The number of benzene rings is 2. The molecule has 28 heavy (non-hydrogen) atoms. The monoisotopic (exact) mass is 383 g/mol. The van der Waals surface area contributed by atoms with Crippen LogP contribution in [0.4, 0.5) is 5.69 Å². The highest BCUT2D eigenvalue weighted by atomic mass is 16.5. The smallest absolute Gasteiger partial charge is 0.265 e. The summed E-state index contributed by atoms with van der Waals surface area (Å²) in [6.07, 6.45) is 1.74. The average molecular weight is 383 g/mol. The number of ether oxygens (including phenoxy) is 3. The number of carbonyl (C=O) groups excluding carboxylic acids is 1. The summed E-state index contributed by atoms with van der Waals surface area (Å²) in [5.74, 6) is 1.72. The van der Waals surface area contributed by atoms with Crippen molar-refractivity contribution in [3.05, 3.63) is 54.1 Å². The van der Waals surface area contributed by atoms with Gasteiger partial charge in [-0.05, 0) is 67.6 Å². The van der Waals surface area contributed by atoms with E-state index in [1.807, 2.05) is 48.5 Å². The third kappa shape index (κ3) is 5.73. The van der Waals surface area contributed by atoms with E-state index in [2.05, 4.69) is 19.2 Å². The molecule has 0 aliphatic carbocycles. The van der Waals surface area contributed by atoms with Gasteiger partial charge in [0.1, 0.15) is 18.1 Å². The first-order valence-electron chi connectivity index (χ1n) is 9.93. The second kappa shape index (κ2) is 9.60. The molecular formula is C23H29NO4. The van der Waals surface area contributed by atoms with E-state index in [0.29, 0.717) is 24.0 Å². The molecule has 1 saturated heterocycles. The lowest BCUT2D eigenvalue weighted by Gasteiger charge is -2.16.